The molecule has 17 heavy (non-hydrogen) atoms. The van der Waals surface area contributed by atoms with E-state index >= 15 is 0 Å². The molecule has 0 amide bonds. The Hall–Kier alpha value is -0.0800. The first-order chi connectivity index (χ1) is 7.67. The molecule has 1 fully saturated rings. The first-order valence-corrected chi connectivity index (χ1v) is 7.16. The van der Waals surface area contributed by atoms with Gasteiger partial charge in [-0.05, 0) is 24.7 Å². The normalized spacial score (nSPS) is 32.1. The predicted molar refractivity (Wildman–Crippen MR) is 76.4 cm³/mol. The van der Waals surface area contributed by atoms with Crippen LogP contribution in [-0.2, 0) is 0 Å². The van der Waals surface area contributed by atoms with Crippen molar-refractivity contribution in [3.8, 4) is 0 Å². The van der Waals surface area contributed by atoms with E-state index in [0.29, 0.717) is 17.0 Å². The summed E-state index contributed by atoms with van der Waals surface area (Å²) in [6, 6.07) is 0.689. The Morgan fingerprint density at radius 1 is 1.35 bits per heavy atom. The molecule has 0 spiro atoms. The molecule has 1 N–H and O–H groups in total. The van der Waals surface area contributed by atoms with Gasteiger partial charge >= 0.3 is 0 Å². The van der Waals surface area contributed by atoms with Crippen molar-refractivity contribution < 1.29 is 0 Å². The van der Waals surface area contributed by atoms with Crippen molar-refractivity contribution in [2.75, 3.05) is 19.6 Å². The van der Waals surface area contributed by atoms with Crippen molar-refractivity contribution in [3.63, 3.8) is 0 Å². The van der Waals surface area contributed by atoms with Crippen molar-refractivity contribution in [2.24, 2.45) is 11.3 Å². The van der Waals surface area contributed by atoms with E-state index in [-0.39, 0.29) is 0 Å². The van der Waals surface area contributed by atoms with E-state index in [4.69, 9.17) is 0 Å². The van der Waals surface area contributed by atoms with Gasteiger partial charge in [0.2, 0.25) is 0 Å². The van der Waals surface area contributed by atoms with Crippen LogP contribution >= 0.6 is 0 Å². The van der Waals surface area contributed by atoms with Crippen LogP contribution in [0.2, 0.25) is 0 Å². The van der Waals surface area contributed by atoms with Crippen LogP contribution < -0.4 is 5.32 Å². The lowest BCUT2D eigenvalue weighted by atomic mass is 9.87. The number of nitrogens with one attached hydrogen (secondary N) is 1. The molecule has 1 heterocycles. The molecule has 1 aliphatic rings. The molecule has 0 aliphatic carbocycles. The maximum Gasteiger partial charge on any atom is 0.0278 e. The quantitative estimate of drug-likeness (QED) is 0.815. The summed E-state index contributed by atoms with van der Waals surface area (Å²) in [6.45, 7) is 19.9. The molecule has 2 atom stereocenters. The second kappa shape index (κ2) is 5.27. The molecule has 102 valence electrons. The van der Waals surface area contributed by atoms with Gasteiger partial charge in [0.05, 0.1) is 0 Å². The minimum absolute atomic E-state index is 0.302. The molecule has 2 heteroatoms. The van der Waals surface area contributed by atoms with E-state index in [1.165, 1.54) is 19.5 Å². The van der Waals surface area contributed by atoms with Crippen molar-refractivity contribution in [1.29, 1.82) is 0 Å². The van der Waals surface area contributed by atoms with Crippen LogP contribution in [0.4, 0.5) is 0 Å². The number of piperazine rings is 1. The lowest BCUT2D eigenvalue weighted by Crippen LogP contribution is -2.64. The highest BCUT2D eigenvalue weighted by molar-refractivity contribution is 4.96. The van der Waals surface area contributed by atoms with Gasteiger partial charge in [-0.1, -0.05) is 41.5 Å². The summed E-state index contributed by atoms with van der Waals surface area (Å²) in [4.78, 5) is 2.71. The number of rotatable bonds is 3. The van der Waals surface area contributed by atoms with Crippen molar-refractivity contribution >= 4 is 0 Å². The maximum atomic E-state index is 3.75. The molecule has 0 aromatic heterocycles. The van der Waals surface area contributed by atoms with Gasteiger partial charge in [0, 0.05) is 31.2 Å². The van der Waals surface area contributed by atoms with Gasteiger partial charge in [-0.2, -0.15) is 0 Å². The molecule has 1 aliphatic heterocycles. The van der Waals surface area contributed by atoms with Crippen LogP contribution in [-0.4, -0.2) is 36.1 Å². The van der Waals surface area contributed by atoms with Crippen LogP contribution in [0.3, 0.4) is 0 Å². The van der Waals surface area contributed by atoms with Gasteiger partial charge in [0.15, 0.2) is 0 Å². The van der Waals surface area contributed by atoms with Crippen molar-refractivity contribution in [2.45, 2.75) is 66.5 Å². The molecule has 0 aromatic carbocycles. The first kappa shape index (κ1) is 15.0. The Balaban J connectivity index is 2.76. The third kappa shape index (κ3) is 4.26. The fraction of sp³-hybridized carbons (Fsp3) is 1.00. The van der Waals surface area contributed by atoms with Gasteiger partial charge in [-0.15, -0.1) is 0 Å². The minimum Gasteiger partial charge on any atom is -0.309 e. The number of hydrogen-bond donors (Lipinski definition) is 1. The van der Waals surface area contributed by atoms with Crippen molar-refractivity contribution in [3.05, 3.63) is 0 Å². The SMILES string of the molecule is CCC1(C)CN(CC(C)(C)C)C(C(C)C)CN1. The number of nitrogens with zero attached hydrogens (tertiary/aromatic N) is 1. The van der Waals surface area contributed by atoms with Crippen LogP contribution in [0.5, 0.6) is 0 Å². The van der Waals surface area contributed by atoms with Gasteiger partial charge in [0.25, 0.3) is 0 Å². The summed E-state index contributed by atoms with van der Waals surface area (Å²) in [5.74, 6) is 0.728. The smallest absolute Gasteiger partial charge is 0.0278 e. The fourth-order valence-electron chi connectivity index (χ4n) is 2.78. The van der Waals surface area contributed by atoms with Gasteiger partial charge < -0.3 is 5.32 Å². The predicted octanol–water partition coefficient (Wildman–Crippen LogP) is 3.13. The molecule has 2 unspecified atom stereocenters. The zero-order valence-electron chi connectivity index (χ0n) is 12.9. The summed E-state index contributed by atoms with van der Waals surface area (Å²) in [6.07, 6.45) is 1.21. The molecule has 0 radical (unpaired) electrons. The Morgan fingerprint density at radius 2 is 1.94 bits per heavy atom. The highest BCUT2D eigenvalue weighted by atomic mass is 15.3. The monoisotopic (exact) mass is 240 g/mol. The highest BCUT2D eigenvalue weighted by Crippen LogP contribution is 2.26. The molecule has 1 saturated heterocycles. The fourth-order valence-corrected chi connectivity index (χ4v) is 2.78. The van der Waals surface area contributed by atoms with E-state index in [9.17, 15) is 0 Å². The minimum atomic E-state index is 0.302. The Kier molecular flexibility index (Phi) is 4.65. The zero-order valence-corrected chi connectivity index (χ0v) is 12.9. The Labute approximate surface area is 108 Å². The lowest BCUT2D eigenvalue weighted by molar-refractivity contribution is 0.0350. The molecule has 0 aromatic rings. The Morgan fingerprint density at radius 3 is 2.35 bits per heavy atom. The van der Waals surface area contributed by atoms with Gasteiger partial charge in [-0.25, -0.2) is 0 Å². The van der Waals surface area contributed by atoms with E-state index in [1.54, 1.807) is 0 Å². The third-order valence-electron chi connectivity index (χ3n) is 3.99. The molecule has 0 saturated carbocycles. The summed E-state index contributed by atoms with van der Waals surface area (Å²) < 4.78 is 0. The maximum absolute atomic E-state index is 3.75. The van der Waals surface area contributed by atoms with E-state index in [2.05, 4.69) is 58.7 Å². The zero-order chi connectivity index (χ0) is 13.3. The summed E-state index contributed by atoms with van der Waals surface area (Å²) in [5.41, 5.74) is 0.690. The van der Waals surface area contributed by atoms with E-state index < -0.39 is 0 Å². The Bertz CT molecular complexity index is 242. The lowest BCUT2D eigenvalue weighted by Gasteiger charge is -2.49. The summed E-state index contributed by atoms with van der Waals surface area (Å²) in [5, 5.41) is 3.75. The van der Waals surface area contributed by atoms with Crippen LogP contribution in [0, 0.1) is 11.3 Å². The largest absolute Gasteiger partial charge is 0.309 e. The van der Waals surface area contributed by atoms with Crippen LogP contribution in [0.1, 0.15) is 54.9 Å². The summed E-state index contributed by atoms with van der Waals surface area (Å²) in [7, 11) is 0. The molecule has 2 nitrogen and oxygen atoms in total. The molecule has 0 bridgehead atoms. The topological polar surface area (TPSA) is 15.3 Å². The average molecular weight is 240 g/mol. The van der Waals surface area contributed by atoms with E-state index in [0.717, 1.165) is 12.5 Å². The second-order valence-electron chi connectivity index (χ2n) is 7.57. The van der Waals surface area contributed by atoms with E-state index in [1.807, 2.05) is 0 Å². The van der Waals surface area contributed by atoms with Crippen LogP contribution in [0.15, 0.2) is 0 Å². The standard InChI is InChI=1S/C15H32N2/c1-8-15(7)11-17(10-14(4,5)6)13(9-16-15)12(2)3/h12-13,16H,8-11H2,1-7H3. The molecule has 1 rings (SSSR count). The molecular weight excluding hydrogens is 208 g/mol. The number of hydrogen-bond acceptors (Lipinski definition) is 2. The average Bonchev–Trinajstić information content (AvgIpc) is 2.14. The van der Waals surface area contributed by atoms with Crippen LogP contribution in [0.25, 0.3) is 0 Å². The second-order valence-corrected chi connectivity index (χ2v) is 7.57. The van der Waals surface area contributed by atoms with Gasteiger partial charge in [0.1, 0.15) is 0 Å². The van der Waals surface area contributed by atoms with Gasteiger partial charge in [-0.3, -0.25) is 4.90 Å². The van der Waals surface area contributed by atoms with Crippen molar-refractivity contribution in [1.82, 2.24) is 10.2 Å². The summed E-state index contributed by atoms with van der Waals surface area (Å²) >= 11 is 0. The highest BCUT2D eigenvalue weighted by Gasteiger charge is 2.36. The first-order valence-electron chi connectivity index (χ1n) is 7.16. The molecular formula is C15H32N2. The third-order valence-corrected chi connectivity index (χ3v) is 3.99.